The maximum absolute atomic E-state index is 6.63. The molecule has 0 saturated carbocycles. The largest absolute Gasteiger partial charge is 0.457 e. The van der Waals surface area contributed by atoms with E-state index in [2.05, 4.69) is 72.8 Å². The number of ether oxygens (including phenoxy) is 1. The fourth-order valence-electron chi connectivity index (χ4n) is 6.13. The first-order chi connectivity index (χ1) is 16.8. The van der Waals surface area contributed by atoms with Crippen LogP contribution in [0.15, 0.2) is 108 Å². The first-order valence-corrected chi connectivity index (χ1v) is 11.8. The molecule has 3 heteroatoms. The molecule has 2 aliphatic rings. The number of para-hydroxylation sites is 2. The van der Waals surface area contributed by atoms with Gasteiger partial charge >= 0.3 is 0 Å². The second kappa shape index (κ2) is 6.31. The van der Waals surface area contributed by atoms with E-state index < -0.39 is 5.41 Å². The lowest BCUT2D eigenvalue weighted by Crippen LogP contribution is -2.32. The first-order valence-electron chi connectivity index (χ1n) is 11.4. The van der Waals surface area contributed by atoms with Gasteiger partial charge in [-0.15, -0.1) is 0 Å². The predicted octanol–water partition coefficient (Wildman–Crippen LogP) is 8.71. The Labute approximate surface area is 201 Å². The summed E-state index contributed by atoms with van der Waals surface area (Å²) in [6, 6.07) is 35.8. The Balaban J connectivity index is 1.60. The average molecular weight is 457 g/mol. The Kier molecular flexibility index (Phi) is 3.42. The van der Waals surface area contributed by atoms with Crippen molar-refractivity contribution in [3.05, 3.63) is 130 Å². The molecule has 0 atom stereocenters. The van der Waals surface area contributed by atoms with E-state index in [0.717, 1.165) is 44.6 Å². The molecule has 0 N–H and O–H groups in total. The van der Waals surface area contributed by atoms with E-state index in [9.17, 15) is 0 Å². The normalized spacial score (nSPS) is 14.5. The molecule has 1 spiro atoms. The molecule has 2 heterocycles. The molecular weight excluding hydrogens is 440 g/mol. The van der Waals surface area contributed by atoms with Gasteiger partial charge in [-0.05, 0) is 58.7 Å². The molecule has 1 aliphatic carbocycles. The monoisotopic (exact) mass is 456 g/mol. The van der Waals surface area contributed by atoms with E-state index >= 15 is 0 Å². The number of furan rings is 1. The van der Waals surface area contributed by atoms with Crippen LogP contribution in [0.4, 0.5) is 0 Å². The summed E-state index contributed by atoms with van der Waals surface area (Å²) < 4.78 is 12.8. The minimum absolute atomic E-state index is 0.492. The quantitative estimate of drug-likeness (QED) is 0.227. The maximum Gasteiger partial charge on any atom is 0.136 e. The van der Waals surface area contributed by atoms with Crippen LogP contribution < -0.4 is 4.74 Å². The Hall–Kier alpha value is -4.01. The third-order valence-electron chi connectivity index (χ3n) is 7.41. The van der Waals surface area contributed by atoms with Crippen LogP contribution in [0.1, 0.15) is 22.3 Å². The van der Waals surface area contributed by atoms with Crippen molar-refractivity contribution in [2.45, 2.75) is 5.41 Å². The Bertz CT molecular complexity index is 1760. The summed E-state index contributed by atoms with van der Waals surface area (Å²) in [5.41, 5.74) is 8.35. The van der Waals surface area contributed by atoms with Crippen molar-refractivity contribution >= 4 is 33.5 Å². The molecule has 5 aromatic carbocycles. The topological polar surface area (TPSA) is 22.4 Å². The highest BCUT2D eigenvalue weighted by Gasteiger charge is 2.51. The third kappa shape index (κ3) is 2.08. The molecule has 34 heavy (non-hydrogen) atoms. The van der Waals surface area contributed by atoms with Gasteiger partial charge in [0.1, 0.15) is 22.7 Å². The van der Waals surface area contributed by atoms with E-state index in [-0.39, 0.29) is 0 Å². The highest BCUT2D eigenvalue weighted by Crippen LogP contribution is 2.62. The summed E-state index contributed by atoms with van der Waals surface area (Å²) in [4.78, 5) is 0. The Morgan fingerprint density at radius 1 is 0.559 bits per heavy atom. The molecule has 1 aromatic heterocycles. The van der Waals surface area contributed by atoms with Gasteiger partial charge in [-0.2, -0.15) is 0 Å². The van der Waals surface area contributed by atoms with E-state index in [1.165, 1.54) is 22.3 Å². The summed E-state index contributed by atoms with van der Waals surface area (Å²) in [6.45, 7) is 0. The second-order valence-corrected chi connectivity index (χ2v) is 9.41. The van der Waals surface area contributed by atoms with Gasteiger partial charge in [0.2, 0.25) is 0 Å². The van der Waals surface area contributed by atoms with Gasteiger partial charge in [-0.1, -0.05) is 78.3 Å². The van der Waals surface area contributed by atoms with Crippen LogP contribution in [0.25, 0.3) is 33.1 Å². The van der Waals surface area contributed by atoms with E-state index in [1.54, 1.807) is 0 Å². The van der Waals surface area contributed by atoms with Crippen molar-refractivity contribution in [2.24, 2.45) is 0 Å². The van der Waals surface area contributed by atoms with Gasteiger partial charge in [0.15, 0.2) is 0 Å². The molecule has 0 fully saturated rings. The minimum atomic E-state index is -0.492. The average Bonchev–Trinajstić information content (AvgIpc) is 3.38. The molecule has 0 bridgehead atoms. The van der Waals surface area contributed by atoms with E-state index in [0.29, 0.717) is 5.02 Å². The standard InChI is InChI=1S/C31H17ClO2/c32-25-12-7-15-28-30(25)20-16-19-18-8-1-2-9-21(18)31(24(19)17-29(20)34-28)22-10-3-5-13-26(22)33-27-14-6-4-11-23(27)31/h1-17H. The van der Waals surface area contributed by atoms with Crippen LogP contribution >= 0.6 is 11.6 Å². The van der Waals surface area contributed by atoms with E-state index in [1.807, 2.05) is 30.3 Å². The number of rotatable bonds is 0. The van der Waals surface area contributed by atoms with Crippen molar-refractivity contribution in [1.29, 1.82) is 0 Å². The van der Waals surface area contributed by atoms with Crippen molar-refractivity contribution in [3.63, 3.8) is 0 Å². The number of halogens is 1. The summed E-state index contributed by atoms with van der Waals surface area (Å²) >= 11 is 6.63. The first kappa shape index (κ1) is 18.4. The number of hydrogen-bond donors (Lipinski definition) is 0. The second-order valence-electron chi connectivity index (χ2n) is 9.00. The van der Waals surface area contributed by atoms with Crippen LogP contribution in [0.5, 0.6) is 11.5 Å². The highest BCUT2D eigenvalue weighted by molar-refractivity contribution is 6.37. The van der Waals surface area contributed by atoms with Crippen LogP contribution in [0, 0.1) is 0 Å². The summed E-state index contributed by atoms with van der Waals surface area (Å²) in [6.07, 6.45) is 0. The molecule has 160 valence electrons. The Morgan fingerprint density at radius 3 is 2.00 bits per heavy atom. The van der Waals surface area contributed by atoms with Gasteiger partial charge in [0, 0.05) is 21.9 Å². The van der Waals surface area contributed by atoms with Crippen molar-refractivity contribution in [1.82, 2.24) is 0 Å². The van der Waals surface area contributed by atoms with Crippen LogP contribution in [-0.2, 0) is 5.41 Å². The van der Waals surface area contributed by atoms with Crippen molar-refractivity contribution in [3.8, 4) is 22.6 Å². The predicted molar refractivity (Wildman–Crippen MR) is 136 cm³/mol. The number of fused-ring (bicyclic) bond motifs is 12. The molecule has 0 amide bonds. The Morgan fingerprint density at radius 2 is 1.24 bits per heavy atom. The fourth-order valence-corrected chi connectivity index (χ4v) is 6.39. The SMILES string of the molecule is Clc1cccc2oc3cc4c(cc3c12)-c1ccccc1C41c2ccccc2Oc2ccccc21. The summed E-state index contributed by atoms with van der Waals surface area (Å²) in [5, 5.41) is 2.71. The maximum atomic E-state index is 6.63. The molecule has 0 saturated heterocycles. The smallest absolute Gasteiger partial charge is 0.136 e. The van der Waals surface area contributed by atoms with Crippen molar-refractivity contribution in [2.75, 3.05) is 0 Å². The van der Waals surface area contributed by atoms with E-state index in [4.69, 9.17) is 20.8 Å². The lowest BCUT2D eigenvalue weighted by molar-refractivity contribution is 0.436. The van der Waals surface area contributed by atoms with Crippen LogP contribution in [-0.4, -0.2) is 0 Å². The number of hydrogen-bond acceptors (Lipinski definition) is 2. The van der Waals surface area contributed by atoms with Gasteiger partial charge in [0.25, 0.3) is 0 Å². The molecule has 2 nitrogen and oxygen atoms in total. The molecule has 1 aliphatic heterocycles. The third-order valence-corrected chi connectivity index (χ3v) is 7.73. The summed E-state index contributed by atoms with van der Waals surface area (Å²) in [5.74, 6) is 1.77. The lowest BCUT2D eigenvalue weighted by Gasteiger charge is -2.39. The van der Waals surface area contributed by atoms with Crippen LogP contribution in [0.3, 0.4) is 0 Å². The fraction of sp³-hybridized carbons (Fsp3) is 0.0323. The van der Waals surface area contributed by atoms with Crippen molar-refractivity contribution < 1.29 is 9.15 Å². The highest BCUT2D eigenvalue weighted by atomic mass is 35.5. The van der Waals surface area contributed by atoms with Crippen LogP contribution in [0.2, 0.25) is 5.02 Å². The molecular formula is C31H17ClO2. The van der Waals surface area contributed by atoms with Gasteiger partial charge in [-0.25, -0.2) is 0 Å². The lowest BCUT2D eigenvalue weighted by atomic mass is 9.66. The summed E-state index contributed by atoms with van der Waals surface area (Å²) in [7, 11) is 0. The molecule has 6 aromatic rings. The van der Waals surface area contributed by atoms with Gasteiger partial charge < -0.3 is 9.15 Å². The van der Waals surface area contributed by atoms with Gasteiger partial charge in [-0.3, -0.25) is 0 Å². The number of benzene rings is 5. The zero-order chi connectivity index (χ0) is 22.4. The molecule has 0 radical (unpaired) electrons. The minimum Gasteiger partial charge on any atom is -0.457 e. The molecule has 0 unspecified atom stereocenters. The molecule has 8 rings (SSSR count). The zero-order valence-electron chi connectivity index (χ0n) is 18.0. The van der Waals surface area contributed by atoms with Gasteiger partial charge in [0.05, 0.1) is 10.4 Å². The zero-order valence-corrected chi connectivity index (χ0v) is 18.8.